The Kier molecular flexibility index (Phi) is 4.52. The Balaban J connectivity index is 2.25. The molecule has 7 nitrogen and oxygen atoms in total. The van der Waals surface area contributed by atoms with Gasteiger partial charge in [-0.25, -0.2) is 0 Å². The van der Waals surface area contributed by atoms with Gasteiger partial charge < -0.3 is 24.8 Å². The van der Waals surface area contributed by atoms with E-state index in [9.17, 15) is 9.59 Å². The summed E-state index contributed by atoms with van der Waals surface area (Å²) in [7, 11) is 4.50. The maximum Gasteiger partial charge on any atom is 0.247 e. The summed E-state index contributed by atoms with van der Waals surface area (Å²) in [6.45, 7) is 0. The molecule has 0 radical (unpaired) electrons. The molecule has 1 aromatic carbocycles. The third-order valence-electron chi connectivity index (χ3n) is 3.28. The lowest BCUT2D eigenvalue weighted by Crippen LogP contribution is -2.37. The third-order valence-corrected chi connectivity index (χ3v) is 3.28. The molecule has 2 rings (SSSR count). The van der Waals surface area contributed by atoms with E-state index in [1.54, 1.807) is 12.1 Å². The van der Waals surface area contributed by atoms with Crippen molar-refractivity contribution in [3.63, 3.8) is 0 Å². The lowest BCUT2D eigenvalue weighted by atomic mass is 10.2. The molecule has 0 aliphatic carbocycles. The summed E-state index contributed by atoms with van der Waals surface area (Å²) in [5.74, 6) is 0.968. The number of carbonyl (C=O) groups is 2. The number of amides is 2. The smallest absolute Gasteiger partial charge is 0.247 e. The summed E-state index contributed by atoms with van der Waals surface area (Å²) in [6.07, 6.45) is 0.834. The molecule has 1 aromatic rings. The fraction of sp³-hybridized carbons (Fsp3) is 0.429. The molecule has 0 aromatic heterocycles. The molecule has 1 aliphatic rings. The first-order chi connectivity index (χ1) is 10.1. The molecule has 1 atom stereocenters. The molecule has 21 heavy (non-hydrogen) atoms. The topological polar surface area (TPSA) is 85.9 Å². The van der Waals surface area contributed by atoms with Crippen LogP contribution in [0.1, 0.15) is 12.8 Å². The number of hydrogen-bond acceptors (Lipinski definition) is 5. The fourth-order valence-corrected chi connectivity index (χ4v) is 2.15. The average Bonchev–Trinajstić information content (AvgIpc) is 2.93. The van der Waals surface area contributed by atoms with E-state index in [1.165, 1.54) is 21.3 Å². The van der Waals surface area contributed by atoms with Crippen molar-refractivity contribution >= 4 is 17.5 Å². The first kappa shape index (κ1) is 15.0. The van der Waals surface area contributed by atoms with Crippen LogP contribution in [-0.2, 0) is 9.59 Å². The predicted molar refractivity (Wildman–Crippen MR) is 75.9 cm³/mol. The highest BCUT2D eigenvalue weighted by Crippen LogP contribution is 2.39. The van der Waals surface area contributed by atoms with Crippen LogP contribution in [0.4, 0.5) is 5.69 Å². The summed E-state index contributed by atoms with van der Waals surface area (Å²) in [6, 6.07) is 2.76. The molecule has 0 bridgehead atoms. The SMILES string of the molecule is COc1cc(OC)c(NC(=O)C2CCC(=O)N2)c(OC)c1. The van der Waals surface area contributed by atoms with Crippen LogP contribution in [0.25, 0.3) is 0 Å². The highest BCUT2D eigenvalue weighted by atomic mass is 16.5. The van der Waals surface area contributed by atoms with Gasteiger partial charge in [-0.15, -0.1) is 0 Å². The Labute approximate surface area is 122 Å². The Morgan fingerprint density at radius 1 is 1.19 bits per heavy atom. The van der Waals surface area contributed by atoms with Crippen molar-refractivity contribution in [3.05, 3.63) is 12.1 Å². The van der Waals surface area contributed by atoms with E-state index < -0.39 is 6.04 Å². The van der Waals surface area contributed by atoms with Crippen molar-refractivity contribution in [2.45, 2.75) is 18.9 Å². The number of nitrogens with one attached hydrogen (secondary N) is 2. The zero-order valence-corrected chi connectivity index (χ0v) is 12.2. The van der Waals surface area contributed by atoms with Crippen LogP contribution in [0.3, 0.4) is 0 Å². The van der Waals surface area contributed by atoms with E-state index in [-0.39, 0.29) is 11.8 Å². The molecule has 7 heteroatoms. The monoisotopic (exact) mass is 294 g/mol. The van der Waals surface area contributed by atoms with E-state index >= 15 is 0 Å². The lowest BCUT2D eigenvalue weighted by Gasteiger charge is -2.17. The van der Waals surface area contributed by atoms with Crippen LogP contribution in [0.2, 0.25) is 0 Å². The molecule has 1 unspecified atom stereocenters. The van der Waals surface area contributed by atoms with Crippen LogP contribution in [0.15, 0.2) is 12.1 Å². The maximum atomic E-state index is 12.2. The molecule has 2 amide bonds. The molecular weight excluding hydrogens is 276 g/mol. The lowest BCUT2D eigenvalue weighted by molar-refractivity contribution is -0.122. The molecule has 1 fully saturated rings. The van der Waals surface area contributed by atoms with E-state index in [0.717, 1.165) is 0 Å². The second-order valence-corrected chi connectivity index (χ2v) is 4.55. The van der Waals surface area contributed by atoms with E-state index in [4.69, 9.17) is 14.2 Å². The van der Waals surface area contributed by atoms with E-state index in [1.807, 2.05) is 0 Å². The Hall–Kier alpha value is -2.44. The second kappa shape index (κ2) is 6.34. The minimum atomic E-state index is -0.533. The molecule has 1 saturated heterocycles. The second-order valence-electron chi connectivity index (χ2n) is 4.55. The van der Waals surface area contributed by atoms with Crippen LogP contribution < -0.4 is 24.8 Å². The van der Waals surface area contributed by atoms with E-state index in [0.29, 0.717) is 35.8 Å². The van der Waals surface area contributed by atoms with Gasteiger partial charge in [-0.3, -0.25) is 9.59 Å². The molecule has 0 saturated carbocycles. The van der Waals surface area contributed by atoms with Gasteiger partial charge >= 0.3 is 0 Å². The number of anilines is 1. The maximum absolute atomic E-state index is 12.2. The van der Waals surface area contributed by atoms with Crippen molar-refractivity contribution in [1.82, 2.24) is 5.32 Å². The highest BCUT2D eigenvalue weighted by molar-refractivity contribution is 6.01. The normalized spacial score (nSPS) is 17.1. The quantitative estimate of drug-likeness (QED) is 0.843. The van der Waals surface area contributed by atoms with Gasteiger partial charge in [0.15, 0.2) is 0 Å². The van der Waals surface area contributed by atoms with Gasteiger partial charge in [0.1, 0.15) is 29.0 Å². The highest BCUT2D eigenvalue weighted by Gasteiger charge is 2.28. The minimum Gasteiger partial charge on any atom is -0.496 e. The van der Waals surface area contributed by atoms with Crippen molar-refractivity contribution in [2.24, 2.45) is 0 Å². The molecule has 0 spiro atoms. The number of rotatable bonds is 5. The van der Waals surface area contributed by atoms with Crippen molar-refractivity contribution < 1.29 is 23.8 Å². The Morgan fingerprint density at radius 2 is 1.81 bits per heavy atom. The van der Waals surface area contributed by atoms with Gasteiger partial charge in [0.25, 0.3) is 0 Å². The summed E-state index contributed by atoms with van der Waals surface area (Å²) in [5.41, 5.74) is 0.409. The summed E-state index contributed by atoms with van der Waals surface area (Å²) in [4.78, 5) is 23.4. The Morgan fingerprint density at radius 3 is 2.24 bits per heavy atom. The van der Waals surface area contributed by atoms with Crippen LogP contribution >= 0.6 is 0 Å². The number of hydrogen-bond donors (Lipinski definition) is 2. The molecule has 1 heterocycles. The molecule has 114 valence electrons. The number of benzene rings is 1. The zero-order valence-electron chi connectivity index (χ0n) is 12.2. The first-order valence-electron chi connectivity index (χ1n) is 6.49. The minimum absolute atomic E-state index is 0.121. The number of ether oxygens (including phenoxy) is 3. The first-order valence-corrected chi connectivity index (χ1v) is 6.49. The molecule has 2 N–H and O–H groups in total. The largest absolute Gasteiger partial charge is 0.496 e. The number of carbonyl (C=O) groups excluding carboxylic acids is 2. The van der Waals surface area contributed by atoms with Gasteiger partial charge in [-0.2, -0.15) is 0 Å². The van der Waals surface area contributed by atoms with Gasteiger partial charge in [0.2, 0.25) is 11.8 Å². The van der Waals surface area contributed by atoms with Crippen LogP contribution in [0, 0.1) is 0 Å². The average molecular weight is 294 g/mol. The standard InChI is InChI=1S/C14H18N2O5/c1-19-8-6-10(20-2)13(11(7-8)21-3)16-14(18)9-4-5-12(17)15-9/h6-7,9H,4-5H2,1-3H3,(H,15,17)(H,16,18). The molecular formula is C14H18N2O5. The van der Waals surface area contributed by atoms with Gasteiger partial charge in [-0.05, 0) is 6.42 Å². The van der Waals surface area contributed by atoms with E-state index in [2.05, 4.69) is 10.6 Å². The Bertz CT molecular complexity index is 533. The summed E-state index contributed by atoms with van der Waals surface area (Å²) >= 11 is 0. The summed E-state index contributed by atoms with van der Waals surface area (Å²) in [5, 5.41) is 5.35. The fourth-order valence-electron chi connectivity index (χ4n) is 2.15. The van der Waals surface area contributed by atoms with Crippen LogP contribution in [0.5, 0.6) is 17.2 Å². The molecule has 1 aliphatic heterocycles. The van der Waals surface area contributed by atoms with Crippen molar-refractivity contribution in [1.29, 1.82) is 0 Å². The van der Waals surface area contributed by atoms with Crippen molar-refractivity contribution in [2.75, 3.05) is 26.6 Å². The third kappa shape index (κ3) is 3.18. The van der Waals surface area contributed by atoms with Gasteiger partial charge in [0.05, 0.1) is 21.3 Å². The van der Waals surface area contributed by atoms with Gasteiger partial charge in [-0.1, -0.05) is 0 Å². The predicted octanol–water partition coefficient (Wildman–Crippen LogP) is 0.929. The zero-order chi connectivity index (χ0) is 15.4. The van der Waals surface area contributed by atoms with Crippen LogP contribution in [-0.4, -0.2) is 39.2 Å². The van der Waals surface area contributed by atoms with Gasteiger partial charge in [0, 0.05) is 18.6 Å². The van der Waals surface area contributed by atoms with Crippen molar-refractivity contribution in [3.8, 4) is 17.2 Å². The summed E-state index contributed by atoms with van der Waals surface area (Å²) < 4.78 is 15.6. The number of methoxy groups -OCH3 is 3.